The summed E-state index contributed by atoms with van der Waals surface area (Å²) in [5.74, 6) is 0.0339. The monoisotopic (exact) mass is 201 g/mol. The summed E-state index contributed by atoms with van der Waals surface area (Å²) in [5.41, 5.74) is 0. The molecule has 14 heavy (non-hydrogen) atoms. The van der Waals surface area contributed by atoms with E-state index in [9.17, 15) is 9.59 Å². The van der Waals surface area contributed by atoms with E-state index in [4.69, 9.17) is 0 Å². The van der Waals surface area contributed by atoms with Crippen LogP contribution in [-0.4, -0.2) is 44.0 Å². The van der Waals surface area contributed by atoms with Gasteiger partial charge in [-0.25, -0.2) is 4.79 Å². The zero-order valence-electron chi connectivity index (χ0n) is 9.09. The zero-order chi connectivity index (χ0) is 11.0. The zero-order valence-corrected chi connectivity index (χ0v) is 9.09. The van der Waals surface area contributed by atoms with Crippen molar-refractivity contribution in [3.63, 3.8) is 0 Å². The first kappa shape index (κ1) is 12.7. The van der Waals surface area contributed by atoms with Gasteiger partial charge in [-0.15, -0.1) is 0 Å². The van der Waals surface area contributed by atoms with Crippen LogP contribution >= 0.6 is 0 Å². The lowest BCUT2D eigenvalue weighted by molar-refractivity contribution is -0.121. The molecule has 0 spiro atoms. The van der Waals surface area contributed by atoms with E-state index in [1.165, 1.54) is 4.90 Å². The van der Waals surface area contributed by atoms with Gasteiger partial charge in [0.2, 0.25) is 5.91 Å². The summed E-state index contributed by atoms with van der Waals surface area (Å²) in [6, 6.07) is -0.144. The standard InChI is InChI=1S/C9H19N3O2/c1-4-5-8(13)10-6-7-11-9(14)12(2)3/h4-7H2,1-3H3,(H,10,13)(H,11,14). The van der Waals surface area contributed by atoms with Crippen LogP contribution in [0.5, 0.6) is 0 Å². The molecule has 0 unspecified atom stereocenters. The SMILES string of the molecule is CCCC(=O)NCCNC(=O)N(C)C. The second-order valence-electron chi connectivity index (χ2n) is 3.23. The summed E-state index contributed by atoms with van der Waals surface area (Å²) in [4.78, 5) is 23.5. The van der Waals surface area contributed by atoms with Gasteiger partial charge in [-0.3, -0.25) is 4.79 Å². The molecule has 0 saturated carbocycles. The number of nitrogens with zero attached hydrogens (tertiary/aromatic N) is 1. The summed E-state index contributed by atoms with van der Waals surface area (Å²) in [6.07, 6.45) is 1.39. The smallest absolute Gasteiger partial charge is 0.316 e. The van der Waals surface area contributed by atoms with Crippen molar-refractivity contribution in [2.45, 2.75) is 19.8 Å². The van der Waals surface area contributed by atoms with Crippen molar-refractivity contribution in [1.29, 1.82) is 0 Å². The van der Waals surface area contributed by atoms with E-state index >= 15 is 0 Å². The fourth-order valence-corrected chi connectivity index (χ4v) is 0.845. The molecule has 0 aromatic rings. The highest BCUT2D eigenvalue weighted by Crippen LogP contribution is 1.84. The fourth-order valence-electron chi connectivity index (χ4n) is 0.845. The van der Waals surface area contributed by atoms with Crippen molar-refractivity contribution in [3.05, 3.63) is 0 Å². The molecule has 0 radical (unpaired) electrons. The van der Waals surface area contributed by atoms with E-state index in [1.54, 1.807) is 14.1 Å². The van der Waals surface area contributed by atoms with Crippen LogP contribution in [-0.2, 0) is 4.79 Å². The second kappa shape index (κ2) is 7.17. The second-order valence-corrected chi connectivity index (χ2v) is 3.23. The normalized spacial score (nSPS) is 9.36. The Morgan fingerprint density at radius 3 is 2.21 bits per heavy atom. The Kier molecular flexibility index (Phi) is 6.53. The molecule has 0 atom stereocenters. The molecule has 0 bridgehead atoms. The van der Waals surface area contributed by atoms with E-state index in [0.29, 0.717) is 19.5 Å². The maximum atomic E-state index is 11.0. The lowest BCUT2D eigenvalue weighted by atomic mass is 10.3. The van der Waals surface area contributed by atoms with Gasteiger partial charge in [0.25, 0.3) is 0 Å². The summed E-state index contributed by atoms with van der Waals surface area (Å²) >= 11 is 0. The topological polar surface area (TPSA) is 61.4 Å². The third kappa shape index (κ3) is 6.28. The maximum Gasteiger partial charge on any atom is 0.316 e. The van der Waals surface area contributed by atoms with Crippen LogP contribution in [0.3, 0.4) is 0 Å². The molecule has 0 rings (SSSR count). The van der Waals surface area contributed by atoms with Crippen LogP contribution in [0.1, 0.15) is 19.8 Å². The van der Waals surface area contributed by atoms with Crippen LogP contribution in [0.15, 0.2) is 0 Å². The average Bonchev–Trinajstić information content (AvgIpc) is 2.12. The van der Waals surface area contributed by atoms with Gasteiger partial charge in [0.05, 0.1) is 0 Å². The third-order valence-electron chi connectivity index (χ3n) is 1.61. The van der Waals surface area contributed by atoms with Crippen LogP contribution in [0.2, 0.25) is 0 Å². The van der Waals surface area contributed by atoms with E-state index in [0.717, 1.165) is 6.42 Å². The summed E-state index contributed by atoms with van der Waals surface area (Å²) in [6.45, 7) is 2.90. The molecule has 0 aliphatic carbocycles. The van der Waals surface area contributed by atoms with Gasteiger partial charge in [-0.05, 0) is 6.42 Å². The van der Waals surface area contributed by atoms with Crippen molar-refractivity contribution in [2.24, 2.45) is 0 Å². The molecule has 0 aromatic carbocycles. The van der Waals surface area contributed by atoms with Gasteiger partial charge in [-0.1, -0.05) is 6.92 Å². The lowest BCUT2D eigenvalue weighted by Gasteiger charge is -2.11. The molecule has 0 aromatic heterocycles. The molecular formula is C9H19N3O2. The van der Waals surface area contributed by atoms with Gasteiger partial charge in [0.15, 0.2) is 0 Å². The molecule has 5 nitrogen and oxygen atoms in total. The first-order valence-electron chi connectivity index (χ1n) is 4.79. The molecule has 3 amide bonds. The number of hydrogen-bond acceptors (Lipinski definition) is 2. The maximum absolute atomic E-state index is 11.0. The van der Waals surface area contributed by atoms with Crippen LogP contribution < -0.4 is 10.6 Å². The number of rotatable bonds is 5. The minimum absolute atomic E-state index is 0.0339. The van der Waals surface area contributed by atoms with Crippen molar-refractivity contribution >= 4 is 11.9 Å². The predicted molar refractivity (Wildman–Crippen MR) is 55.0 cm³/mol. The van der Waals surface area contributed by atoms with Crippen molar-refractivity contribution in [3.8, 4) is 0 Å². The largest absolute Gasteiger partial charge is 0.354 e. The number of amides is 3. The van der Waals surface area contributed by atoms with Gasteiger partial charge < -0.3 is 15.5 Å². The Hall–Kier alpha value is -1.26. The number of carbonyl (C=O) groups is 2. The van der Waals surface area contributed by atoms with Crippen LogP contribution in [0, 0.1) is 0 Å². The van der Waals surface area contributed by atoms with E-state index in [-0.39, 0.29) is 11.9 Å². The van der Waals surface area contributed by atoms with Gasteiger partial charge in [0, 0.05) is 33.6 Å². The molecule has 0 saturated heterocycles. The highest BCUT2D eigenvalue weighted by molar-refractivity contribution is 5.76. The Labute approximate surface area is 84.8 Å². The van der Waals surface area contributed by atoms with E-state index in [1.807, 2.05) is 6.92 Å². The first-order chi connectivity index (χ1) is 6.57. The average molecular weight is 201 g/mol. The third-order valence-corrected chi connectivity index (χ3v) is 1.61. The quantitative estimate of drug-likeness (QED) is 0.623. The Balaban J connectivity index is 3.38. The minimum Gasteiger partial charge on any atom is -0.354 e. The Morgan fingerprint density at radius 1 is 1.14 bits per heavy atom. The lowest BCUT2D eigenvalue weighted by Crippen LogP contribution is -2.39. The molecule has 5 heteroatoms. The molecule has 0 aliphatic rings. The predicted octanol–water partition coefficient (Wildman–Crippen LogP) is 0.174. The van der Waals surface area contributed by atoms with Crippen LogP contribution in [0.4, 0.5) is 4.79 Å². The van der Waals surface area contributed by atoms with E-state index in [2.05, 4.69) is 10.6 Å². The summed E-state index contributed by atoms with van der Waals surface area (Å²) in [5, 5.41) is 5.36. The fraction of sp³-hybridized carbons (Fsp3) is 0.778. The highest BCUT2D eigenvalue weighted by Gasteiger charge is 2.01. The number of carbonyl (C=O) groups excluding carboxylic acids is 2. The minimum atomic E-state index is -0.144. The van der Waals surface area contributed by atoms with Crippen molar-refractivity contribution < 1.29 is 9.59 Å². The van der Waals surface area contributed by atoms with Crippen LogP contribution in [0.25, 0.3) is 0 Å². The Bertz CT molecular complexity index is 192. The Morgan fingerprint density at radius 2 is 1.71 bits per heavy atom. The van der Waals surface area contributed by atoms with Gasteiger partial charge in [-0.2, -0.15) is 0 Å². The molecular weight excluding hydrogens is 182 g/mol. The first-order valence-corrected chi connectivity index (χ1v) is 4.79. The summed E-state index contributed by atoms with van der Waals surface area (Å²) in [7, 11) is 3.34. The van der Waals surface area contributed by atoms with Crippen molar-refractivity contribution in [2.75, 3.05) is 27.2 Å². The highest BCUT2D eigenvalue weighted by atomic mass is 16.2. The van der Waals surface area contributed by atoms with Gasteiger partial charge in [0.1, 0.15) is 0 Å². The molecule has 82 valence electrons. The van der Waals surface area contributed by atoms with Gasteiger partial charge >= 0.3 is 6.03 Å². The summed E-state index contributed by atoms with van der Waals surface area (Å²) < 4.78 is 0. The van der Waals surface area contributed by atoms with Crippen molar-refractivity contribution in [1.82, 2.24) is 15.5 Å². The number of hydrogen-bond donors (Lipinski definition) is 2. The molecule has 2 N–H and O–H groups in total. The number of urea groups is 1. The molecule has 0 fully saturated rings. The van der Waals surface area contributed by atoms with E-state index < -0.39 is 0 Å². The molecule has 0 heterocycles. The number of nitrogens with one attached hydrogen (secondary N) is 2. The molecule has 0 aliphatic heterocycles.